The van der Waals surface area contributed by atoms with Gasteiger partial charge in [0.1, 0.15) is 6.17 Å². The van der Waals surface area contributed by atoms with Crippen LogP contribution in [0.4, 0.5) is 4.39 Å². The van der Waals surface area contributed by atoms with Crippen LogP contribution in [0.25, 0.3) is 0 Å². The van der Waals surface area contributed by atoms with Gasteiger partial charge >= 0.3 is 0 Å². The molecule has 3 rings (SSSR count). The molecule has 2 aliphatic heterocycles. The maximum atomic E-state index is 14.4. The number of piperidine rings is 1. The van der Waals surface area contributed by atoms with Crippen LogP contribution in [-0.2, 0) is 4.74 Å². The first-order chi connectivity index (χ1) is 8.66. The van der Waals surface area contributed by atoms with Crippen LogP contribution in [0, 0.1) is 13.8 Å². The first kappa shape index (κ1) is 12.1. The summed E-state index contributed by atoms with van der Waals surface area (Å²) in [4.78, 5) is 2.22. The summed E-state index contributed by atoms with van der Waals surface area (Å²) in [5.74, 6) is 0. The lowest BCUT2D eigenvalue weighted by atomic mass is 10.0. The van der Waals surface area contributed by atoms with Crippen LogP contribution in [0.3, 0.4) is 0 Å². The molecule has 0 amide bonds. The van der Waals surface area contributed by atoms with Gasteiger partial charge in [0.15, 0.2) is 0 Å². The molecule has 0 aliphatic carbocycles. The average Bonchev–Trinajstić information content (AvgIpc) is 2.58. The minimum Gasteiger partial charge on any atom is -0.378 e. The fourth-order valence-corrected chi connectivity index (χ4v) is 2.80. The molecular formula is C13H20FN3O. The summed E-state index contributed by atoms with van der Waals surface area (Å²) in [5, 5.41) is 4.33. The lowest BCUT2D eigenvalue weighted by molar-refractivity contribution is -0.0848. The molecule has 0 aromatic carbocycles. The van der Waals surface area contributed by atoms with Gasteiger partial charge in [0.05, 0.1) is 31.5 Å². The summed E-state index contributed by atoms with van der Waals surface area (Å²) in [5.41, 5.74) is 2.22. The smallest absolute Gasteiger partial charge is 0.135 e. The van der Waals surface area contributed by atoms with Crippen molar-refractivity contribution in [3.8, 4) is 0 Å². The highest BCUT2D eigenvalue weighted by atomic mass is 19.1. The van der Waals surface area contributed by atoms with Crippen molar-refractivity contribution in [3.63, 3.8) is 0 Å². The standard InChI is InChI=1S/C13H20FN3O/c1-9-5-15-17(10(9)2)13-3-4-16(6-12(13)14)11-7-18-8-11/h5,11-13H,3-4,6-8H2,1-2H3/t12-,13-/m0/s1. The van der Waals surface area contributed by atoms with Crippen molar-refractivity contribution in [2.45, 2.75) is 38.5 Å². The van der Waals surface area contributed by atoms with E-state index in [1.807, 2.05) is 24.7 Å². The zero-order chi connectivity index (χ0) is 12.7. The van der Waals surface area contributed by atoms with E-state index in [2.05, 4.69) is 10.00 Å². The molecule has 1 aromatic heterocycles. The quantitative estimate of drug-likeness (QED) is 0.800. The molecule has 3 heterocycles. The van der Waals surface area contributed by atoms with E-state index in [1.165, 1.54) is 0 Å². The molecule has 4 nitrogen and oxygen atoms in total. The van der Waals surface area contributed by atoms with Crippen molar-refractivity contribution in [3.05, 3.63) is 17.5 Å². The number of aromatic nitrogens is 2. The molecule has 0 spiro atoms. The van der Waals surface area contributed by atoms with Crippen molar-refractivity contribution in [2.75, 3.05) is 26.3 Å². The molecule has 2 aliphatic rings. The minimum absolute atomic E-state index is 0.101. The van der Waals surface area contributed by atoms with Crippen molar-refractivity contribution < 1.29 is 9.13 Å². The highest BCUT2D eigenvalue weighted by Crippen LogP contribution is 2.29. The zero-order valence-corrected chi connectivity index (χ0v) is 11.0. The molecule has 2 fully saturated rings. The summed E-state index contributed by atoms with van der Waals surface area (Å²) in [7, 11) is 0. The average molecular weight is 253 g/mol. The molecule has 100 valence electrons. The highest BCUT2D eigenvalue weighted by molar-refractivity contribution is 5.14. The summed E-state index contributed by atoms with van der Waals surface area (Å²) in [6.45, 7) is 7.01. The second kappa shape index (κ2) is 4.63. The van der Waals surface area contributed by atoms with Crippen LogP contribution in [0.1, 0.15) is 23.7 Å². The predicted molar refractivity (Wildman–Crippen MR) is 66.4 cm³/mol. The normalized spacial score (nSPS) is 30.4. The first-order valence-corrected chi connectivity index (χ1v) is 6.63. The first-order valence-electron chi connectivity index (χ1n) is 6.63. The van der Waals surface area contributed by atoms with Crippen LogP contribution in [0.2, 0.25) is 0 Å². The van der Waals surface area contributed by atoms with E-state index >= 15 is 0 Å². The van der Waals surface area contributed by atoms with Crippen molar-refractivity contribution in [1.29, 1.82) is 0 Å². The van der Waals surface area contributed by atoms with Crippen LogP contribution in [-0.4, -0.2) is 53.2 Å². The number of hydrogen-bond donors (Lipinski definition) is 0. The van der Waals surface area contributed by atoms with Gasteiger partial charge in [-0.2, -0.15) is 5.10 Å². The largest absolute Gasteiger partial charge is 0.378 e. The fraction of sp³-hybridized carbons (Fsp3) is 0.769. The van der Waals surface area contributed by atoms with E-state index in [1.54, 1.807) is 0 Å². The Hall–Kier alpha value is -0.940. The van der Waals surface area contributed by atoms with Gasteiger partial charge in [-0.1, -0.05) is 0 Å². The topological polar surface area (TPSA) is 30.3 Å². The Kier molecular flexibility index (Phi) is 3.11. The van der Waals surface area contributed by atoms with Crippen molar-refractivity contribution in [2.24, 2.45) is 0 Å². The Bertz CT molecular complexity index is 430. The fourth-order valence-electron chi connectivity index (χ4n) is 2.80. The van der Waals surface area contributed by atoms with Crippen molar-refractivity contribution >= 4 is 0 Å². The molecule has 0 saturated carbocycles. The molecule has 2 atom stereocenters. The molecule has 1 aromatic rings. The molecule has 2 saturated heterocycles. The van der Waals surface area contributed by atoms with E-state index in [9.17, 15) is 4.39 Å². The number of ether oxygens (including phenoxy) is 1. The van der Waals surface area contributed by atoms with E-state index in [0.29, 0.717) is 12.6 Å². The maximum absolute atomic E-state index is 14.4. The lowest BCUT2D eigenvalue weighted by Gasteiger charge is -2.42. The second-order valence-corrected chi connectivity index (χ2v) is 5.42. The van der Waals surface area contributed by atoms with Gasteiger partial charge in [0.25, 0.3) is 0 Å². The molecule has 0 N–H and O–H groups in total. The Morgan fingerprint density at radius 2 is 2.17 bits per heavy atom. The third kappa shape index (κ3) is 1.95. The number of rotatable bonds is 2. The second-order valence-electron chi connectivity index (χ2n) is 5.42. The third-order valence-electron chi connectivity index (χ3n) is 4.28. The van der Waals surface area contributed by atoms with E-state index < -0.39 is 6.17 Å². The van der Waals surface area contributed by atoms with Crippen molar-refractivity contribution in [1.82, 2.24) is 14.7 Å². The number of likely N-dealkylation sites (tertiary alicyclic amines) is 1. The monoisotopic (exact) mass is 253 g/mol. The maximum Gasteiger partial charge on any atom is 0.135 e. The van der Waals surface area contributed by atoms with Gasteiger partial charge in [0.2, 0.25) is 0 Å². The molecular weight excluding hydrogens is 233 g/mol. The molecule has 5 heteroatoms. The summed E-state index contributed by atoms with van der Waals surface area (Å²) in [6.07, 6.45) is 1.82. The zero-order valence-electron chi connectivity index (χ0n) is 11.0. The SMILES string of the molecule is Cc1cnn([C@H]2CCN(C3COC3)C[C@@H]2F)c1C. The Labute approximate surface area is 107 Å². The summed E-state index contributed by atoms with van der Waals surface area (Å²) >= 11 is 0. The Morgan fingerprint density at radius 1 is 1.39 bits per heavy atom. The number of aryl methyl sites for hydroxylation is 1. The van der Waals surface area contributed by atoms with Gasteiger partial charge in [-0.05, 0) is 25.8 Å². The van der Waals surface area contributed by atoms with Crippen LogP contribution >= 0.6 is 0 Å². The van der Waals surface area contributed by atoms with E-state index in [4.69, 9.17) is 4.74 Å². The molecule has 0 unspecified atom stereocenters. The number of halogens is 1. The van der Waals surface area contributed by atoms with Gasteiger partial charge < -0.3 is 4.74 Å². The van der Waals surface area contributed by atoms with Gasteiger partial charge in [0, 0.05) is 18.8 Å². The van der Waals surface area contributed by atoms with Crippen LogP contribution in [0.5, 0.6) is 0 Å². The Balaban J connectivity index is 1.70. The lowest BCUT2D eigenvalue weighted by Crippen LogP contribution is -2.55. The Morgan fingerprint density at radius 3 is 2.67 bits per heavy atom. The van der Waals surface area contributed by atoms with E-state index in [0.717, 1.165) is 37.4 Å². The van der Waals surface area contributed by atoms with Gasteiger partial charge in [-0.15, -0.1) is 0 Å². The number of nitrogens with zero attached hydrogens (tertiary/aromatic N) is 3. The number of hydrogen-bond acceptors (Lipinski definition) is 3. The molecule has 18 heavy (non-hydrogen) atoms. The van der Waals surface area contributed by atoms with E-state index in [-0.39, 0.29) is 6.04 Å². The summed E-state index contributed by atoms with van der Waals surface area (Å²) in [6, 6.07) is 0.334. The summed E-state index contributed by atoms with van der Waals surface area (Å²) < 4.78 is 21.4. The third-order valence-corrected chi connectivity index (χ3v) is 4.28. The predicted octanol–water partition coefficient (Wildman–Crippen LogP) is 1.48. The number of alkyl halides is 1. The van der Waals surface area contributed by atoms with Gasteiger partial charge in [-0.3, -0.25) is 9.58 Å². The minimum atomic E-state index is -0.836. The molecule has 0 radical (unpaired) electrons. The highest BCUT2D eigenvalue weighted by Gasteiger charge is 2.36. The molecule has 0 bridgehead atoms. The van der Waals surface area contributed by atoms with Crippen LogP contribution in [0.15, 0.2) is 6.20 Å². The van der Waals surface area contributed by atoms with Gasteiger partial charge in [-0.25, -0.2) is 4.39 Å². The van der Waals surface area contributed by atoms with Crippen LogP contribution < -0.4 is 0 Å².